The summed E-state index contributed by atoms with van der Waals surface area (Å²) in [6, 6.07) is 7.92. The van der Waals surface area contributed by atoms with Crippen LogP contribution in [0.2, 0.25) is 0 Å². The monoisotopic (exact) mass is 280 g/mol. The van der Waals surface area contributed by atoms with Crippen molar-refractivity contribution in [3.8, 4) is 0 Å². The number of aromatic nitrogens is 2. The number of hydrogen-bond acceptors (Lipinski definition) is 3. The van der Waals surface area contributed by atoms with E-state index in [-0.39, 0.29) is 0 Å². The molecule has 2 rings (SSSR count). The van der Waals surface area contributed by atoms with E-state index in [1.54, 1.807) is 18.0 Å². The van der Waals surface area contributed by atoms with Gasteiger partial charge in [0.2, 0.25) is 0 Å². The summed E-state index contributed by atoms with van der Waals surface area (Å²) in [6.07, 6.45) is 3.64. The molecular formula is C11H9BrN2S. The van der Waals surface area contributed by atoms with Crippen molar-refractivity contribution in [3.05, 3.63) is 46.7 Å². The molecule has 15 heavy (non-hydrogen) atoms. The summed E-state index contributed by atoms with van der Waals surface area (Å²) in [6.45, 7) is 2.03. The molecule has 2 heterocycles. The number of pyridine rings is 2. The number of rotatable bonds is 2. The van der Waals surface area contributed by atoms with Crippen LogP contribution in [0.4, 0.5) is 0 Å². The van der Waals surface area contributed by atoms with Crippen LogP contribution in [0, 0.1) is 6.92 Å². The molecule has 0 bridgehead atoms. The Balaban J connectivity index is 2.22. The van der Waals surface area contributed by atoms with E-state index >= 15 is 0 Å². The van der Waals surface area contributed by atoms with Crippen LogP contribution in [0.5, 0.6) is 0 Å². The average Bonchev–Trinajstić information content (AvgIpc) is 2.25. The maximum Gasteiger partial charge on any atom is 0.116 e. The van der Waals surface area contributed by atoms with E-state index in [0.717, 1.165) is 14.5 Å². The highest BCUT2D eigenvalue weighted by molar-refractivity contribution is 9.10. The largest absolute Gasteiger partial charge is 0.249 e. The third-order valence-electron chi connectivity index (χ3n) is 1.81. The number of aryl methyl sites for hydroxylation is 1. The Hall–Kier alpha value is -0.870. The molecule has 0 fully saturated rings. The van der Waals surface area contributed by atoms with Crippen LogP contribution < -0.4 is 0 Å². The van der Waals surface area contributed by atoms with E-state index in [4.69, 9.17) is 0 Å². The zero-order valence-corrected chi connectivity index (χ0v) is 10.5. The fourth-order valence-corrected chi connectivity index (χ4v) is 2.28. The lowest BCUT2D eigenvalue weighted by atomic mass is 10.3. The zero-order valence-electron chi connectivity index (χ0n) is 8.14. The predicted octanol–water partition coefficient (Wildman–Crippen LogP) is 3.70. The average molecular weight is 281 g/mol. The Morgan fingerprint density at radius 1 is 1.20 bits per heavy atom. The van der Waals surface area contributed by atoms with E-state index in [9.17, 15) is 0 Å². The Morgan fingerprint density at radius 2 is 2.07 bits per heavy atom. The van der Waals surface area contributed by atoms with Gasteiger partial charge in [-0.15, -0.1) is 0 Å². The molecule has 0 aliphatic rings. The minimum Gasteiger partial charge on any atom is -0.249 e. The highest BCUT2D eigenvalue weighted by Crippen LogP contribution is 2.29. The Morgan fingerprint density at radius 3 is 2.73 bits per heavy atom. The molecule has 0 unspecified atom stereocenters. The molecule has 0 spiro atoms. The second-order valence-electron chi connectivity index (χ2n) is 3.07. The Bertz CT molecular complexity index is 456. The zero-order chi connectivity index (χ0) is 10.7. The summed E-state index contributed by atoms with van der Waals surface area (Å²) in [5.74, 6) is 0. The molecule has 0 aromatic carbocycles. The lowest BCUT2D eigenvalue weighted by molar-refractivity contribution is 1.07. The summed E-state index contributed by atoms with van der Waals surface area (Å²) >= 11 is 5.01. The van der Waals surface area contributed by atoms with Crippen LogP contribution >= 0.6 is 27.7 Å². The number of hydrogen-bond donors (Lipinski definition) is 0. The van der Waals surface area contributed by atoms with Crippen molar-refractivity contribution in [3.63, 3.8) is 0 Å². The van der Waals surface area contributed by atoms with Gasteiger partial charge in [0.1, 0.15) is 10.1 Å². The summed E-state index contributed by atoms with van der Waals surface area (Å²) in [4.78, 5) is 8.59. The summed E-state index contributed by atoms with van der Waals surface area (Å²) in [5, 5.41) is 1.90. The maximum atomic E-state index is 4.32. The molecule has 0 atom stereocenters. The molecule has 0 N–H and O–H groups in total. The van der Waals surface area contributed by atoms with Gasteiger partial charge in [0.15, 0.2) is 0 Å². The van der Waals surface area contributed by atoms with Gasteiger partial charge in [0.25, 0.3) is 0 Å². The second kappa shape index (κ2) is 4.77. The van der Waals surface area contributed by atoms with Gasteiger partial charge >= 0.3 is 0 Å². The number of halogens is 1. The highest BCUT2D eigenvalue weighted by atomic mass is 79.9. The summed E-state index contributed by atoms with van der Waals surface area (Å²) in [7, 11) is 0. The molecule has 2 aromatic heterocycles. The Labute approximate surface area is 101 Å². The van der Waals surface area contributed by atoms with Crippen LogP contribution in [-0.2, 0) is 0 Å². The standard InChI is InChI=1S/C11H9BrN2S/c1-8-4-5-10(14-7-8)15-11-9(12)3-2-6-13-11/h2-7H,1H3. The van der Waals surface area contributed by atoms with Crippen molar-refractivity contribution in [2.75, 3.05) is 0 Å². The second-order valence-corrected chi connectivity index (χ2v) is 4.93. The lowest BCUT2D eigenvalue weighted by Crippen LogP contribution is -1.84. The van der Waals surface area contributed by atoms with Gasteiger partial charge in [-0.05, 0) is 58.4 Å². The van der Waals surface area contributed by atoms with Gasteiger partial charge in [-0.25, -0.2) is 9.97 Å². The highest BCUT2D eigenvalue weighted by Gasteiger charge is 2.03. The molecule has 0 aliphatic heterocycles. The van der Waals surface area contributed by atoms with E-state index in [0.29, 0.717) is 0 Å². The van der Waals surface area contributed by atoms with Crippen molar-refractivity contribution < 1.29 is 0 Å². The van der Waals surface area contributed by atoms with Crippen LogP contribution in [0.1, 0.15) is 5.56 Å². The molecule has 76 valence electrons. The van der Waals surface area contributed by atoms with Crippen molar-refractivity contribution >= 4 is 27.7 Å². The van der Waals surface area contributed by atoms with Gasteiger partial charge in [0.05, 0.1) is 4.47 Å². The summed E-state index contributed by atoms with van der Waals surface area (Å²) < 4.78 is 0.998. The Kier molecular flexibility index (Phi) is 3.38. The van der Waals surface area contributed by atoms with Gasteiger partial charge in [0, 0.05) is 12.4 Å². The first-order chi connectivity index (χ1) is 7.25. The fraction of sp³-hybridized carbons (Fsp3) is 0.0909. The van der Waals surface area contributed by atoms with Crippen LogP contribution in [0.3, 0.4) is 0 Å². The van der Waals surface area contributed by atoms with Crippen LogP contribution in [-0.4, -0.2) is 9.97 Å². The molecule has 0 saturated heterocycles. The topological polar surface area (TPSA) is 25.8 Å². The SMILES string of the molecule is Cc1ccc(Sc2ncccc2Br)nc1. The van der Waals surface area contributed by atoms with E-state index in [1.807, 2.05) is 37.4 Å². The molecule has 4 heteroatoms. The van der Waals surface area contributed by atoms with Gasteiger partial charge in [-0.3, -0.25) is 0 Å². The van der Waals surface area contributed by atoms with Gasteiger partial charge < -0.3 is 0 Å². The van der Waals surface area contributed by atoms with Crippen molar-refractivity contribution in [2.24, 2.45) is 0 Å². The van der Waals surface area contributed by atoms with Crippen molar-refractivity contribution in [1.29, 1.82) is 0 Å². The van der Waals surface area contributed by atoms with Crippen LogP contribution in [0.25, 0.3) is 0 Å². The minimum atomic E-state index is 0.939. The van der Waals surface area contributed by atoms with E-state index < -0.39 is 0 Å². The van der Waals surface area contributed by atoms with E-state index in [1.165, 1.54) is 5.56 Å². The van der Waals surface area contributed by atoms with Crippen molar-refractivity contribution in [2.45, 2.75) is 17.0 Å². The smallest absolute Gasteiger partial charge is 0.116 e. The molecule has 0 radical (unpaired) electrons. The molecule has 0 amide bonds. The summed E-state index contributed by atoms with van der Waals surface area (Å²) in [5.41, 5.74) is 1.17. The lowest BCUT2D eigenvalue weighted by Gasteiger charge is -2.01. The third-order valence-corrected chi connectivity index (χ3v) is 3.68. The van der Waals surface area contributed by atoms with Crippen molar-refractivity contribution in [1.82, 2.24) is 9.97 Å². The van der Waals surface area contributed by atoms with Crippen LogP contribution in [0.15, 0.2) is 51.2 Å². The molecular weight excluding hydrogens is 272 g/mol. The third kappa shape index (κ3) is 2.79. The molecule has 0 aliphatic carbocycles. The minimum absolute atomic E-state index is 0.939. The molecule has 2 nitrogen and oxygen atoms in total. The fourth-order valence-electron chi connectivity index (χ4n) is 1.06. The maximum absolute atomic E-state index is 4.32. The first-order valence-electron chi connectivity index (χ1n) is 4.47. The first-order valence-corrected chi connectivity index (χ1v) is 6.08. The first kappa shape index (κ1) is 10.6. The van der Waals surface area contributed by atoms with Gasteiger partial charge in [-0.1, -0.05) is 6.07 Å². The number of nitrogens with zero attached hydrogens (tertiary/aromatic N) is 2. The van der Waals surface area contributed by atoms with E-state index in [2.05, 4.69) is 25.9 Å². The van der Waals surface area contributed by atoms with Gasteiger partial charge in [-0.2, -0.15) is 0 Å². The predicted molar refractivity (Wildman–Crippen MR) is 65.0 cm³/mol. The normalized spacial score (nSPS) is 10.3. The quantitative estimate of drug-likeness (QED) is 0.839. The molecule has 0 saturated carbocycles. The molecule has 2 aromatic rings.